The van der Waals surface area contributed by atoms with Crippen LogP contribution in [0.2, 0.25) is 0 Å². The van der Waals surface area contributed by atoms with Crippen molar-refractivity contribution in [3.63, 3.8) is 0 Å². The van der Waals surface area contributed by atoms with Gasteiger partial charge in [-0.15, -0.1) is 24.0 Å². The van der Waals surface area contributed by atoms with E-state index in [1.807, 2.05) is 6.92 Å². The molecule has 156 valence electrons. The van der Waals surface area contributed by atoms with Gasteiger partial charge in [0, 0.05) is 37.8 Å². The maximum absolute atomic E-state index is 10.8. The van der Waals surface area contributed by atoms with Crippen LogP contribution in [0.3, 0.4) is 0 Å². The second-order valence-corrected chi connectivity index (χ2v) is 7.16. The van der Waals surface area contributed by atoms with Crippen LogP contribution in [0.25, 0.3) is 0 Å². The first kappa shape index (κ1) is 24.4. The van der Waals surface area contributed by atoms with Crippen LogP contribution in [-0.2, 0) is 6.54 Å². The van der Waals surface area contributed by atoms with E-state index in [0.29, 0.717) is 19.1 Å². The fraction of sp³-hybridized carbons (Fsp3) is 0.550. The molecule has 1 saturated heterocycles. The maximum Gasteiger partial charge on any atom is 0.269 e. The molecule has 8 heteroatoms. The molecule has 0 aromatic heterocycles. The first-order valence-electron chi connectivity index (χ1n) is 9.63. The molecule has 1 aliphatic rings. The van der Waals surface area contributed by atoms with Crippen molar-refractivity contribution < 1.29 is 4.92 Å². The number of aliphatic imine (C=N–C) groups is 1. The van der Waals surface area contributed by atoms with Crippen LogP contribution >= 0.6 is 24.0 Å². The van der Waals surface area contributed by atoms with Crippen LogP contribution in [0.1, 0.15) is 38.7 Å². The SMILES string of the molecule is C=C(C)CNC(=NCc1ccc([N+](=O)[O-])cc1)NC1CCN(CCC)CC1.I. The third-order valence-electron chi connectivity index (χ3n) is 4.59. The molecule has 1 aromatic rings. The van der Waals surface area contributed by atoms with Crippen molar-refractivity contribution in [3.8, 4) is 0 Å². The number of guanidine groups is 1. The highest BCUT2D eigenvalue weighted by atomic mass is 127. The van der Waals surface area contributed by atoms with Crippen LogP contribution < -0.4 is 10.6 Å². The number of benzene rings is 1. The van der Waals surface area contributed by atoms with Crippen LogP contribution in [0.15, 0.2) is 41.4 Å². The van der Waals surface area contributed by atoms with Gasteiger partial charge in [0.05, 0.1) is 11.5 Å². The summed E-state index contributed by atoms with van der Waals surface area (Å²) in [5, 5.41) is 17.6. The fourth-order valence-corrected chi connectivity index (χ4v) is 3.09. The first-order valence-corrected chi connectivity index (χ1v) is 9.63. The summed E-state index contributed by atoms with van der Waals surface area (Å²) in [6.45, 7) is 12.7. The van der Waals surface area contributed by atoms with E-state index >= 15 is 0 Å². The highest BCUT2D eigenvalue weighted by Gasteiger charge is 2.19. The highest BCUT2D eigenvalue weighted by Crippen LogP contribution is 2.13. The van der Waals surface area contributed by atoms with Crippen LogP contribution in [-0.4, -0.2) is 48.0 Å². The van der Waals surface area contributed by atoms with E-state index in [-0.39, 0.29) is 34.6 Å². The maximum atomic E-state index is 10.8. The molecule has 0 saturated carbocycles. The Balaban J connectivity index is 0.00000392. The van der Waals surface area contributed by atoms with E-state index < -0.39 is 0 Å². The predicted molar refractivity (Wildman–Crippen MR) is 125 cm³/mol. The monoisotopic (exact) mass is 501 g/mol. The number of nitrogens with one attached hydrogen (secondary N) is 2. The Labute approximate surface area is 184 Å². The van der Waals surface area contributed by atoms with E-state index in [1.165, 1.54) is 25.1 Å². The average molecular weight is 501 g/mol. The zero-order valence-electron chi connectivity index (χ0n) is 16.8. The lowest BCUT2D eigenvalue weighted by molar-refractivity contribution is -0.384. The quantitative estimate of drug-likeness (QED) is 0.142. The van der Waals surface area contributed by atoms with Crippen LogP contribution in [0, 0.1) is 10.1 Å². The Morgan fingerprint density at radius 2 is 1.96 bits per heavy atom. The van der Waals surface area contributed by atoms with Gasteiger partial charge in [0.1, 0.15) is 0 Å². The highest BCUT2D eigenvalue weighted by molar-refractivity contribution is 14.0. The van der Waals surface area contributed by atoms with E-state index in [2.05, 4.69) is 34.0 Å². The number of hydrogen-bond acceptors (Lipinski definition) is 4. The van der Waals surface area contributed by atoms with E-state index in [4.69, 9.17) is 0 Å². The molecule has 1 aliphatic heterocycles. The minimum absolute atomic E-state index is 0. The third-order valence-corrected chi connectivity index (χ3v) is 4.59. The summed E-state index contributed by atoms with van der Waals surface area (Å²) in [5.41, 5.74) is 2.08. The van der Waals surface area contributed by atoms with Crippen molar-refractivity contribution in [1.29, 1.82) is 0 Å². The summed E-state index contributed by atoms with van der Waals surface area (Å²) in [6, 6.07) is 6.94. The van der Waals surface area contributed by atoms with Crippen molar-refractivity contribution in [2.24, 2.45) is 4.99 Å². The largest absolute Gasteiger partial charge is 0.354 e. The lowest BCUT2D eigenvalue weighted by Gasteiger charge is -2.32. The van der Waals surface area contributed by atoms with Crippen molar-refractivity contribution in [3.05, 3.63) is 52.1 Å². The summed E-state index contributed by atoms with van der Waals surface area (Å²) in [7, 11) is 0. The Hall–Kier alpha value is -1.68. The first-order chi connectivity index (χ1) is 13.0. The van der Waals surface area contributed by atoms with Gasteiger partial charge >= 0.3 is 0 Å². The number of nitrogens with zero attached hydrogens (tertiary/aromatic N) is 3. The Morgan fingerprint density at radius 3 is 2.50 bits per heavy atom. The summed E-state index contributed by atoms with van der Waals surface area (Å²) >= 11 is 0. The summed E-state index contributed by atoms with van der Waals surface area (Å²) in [5.74, 6) is 0.769. The molecule has 0 atom stereocenters. The molecule has 0 bridgehead atoms. The summed E-state index contributed by atoms with van der Waals surface area (Å²) in [4.78, 5) is 17.5. The number of likely N-dealkylation sites (tertiary alicyclic amines) is 1. The molecule has 2 N–H and O–H groups in total. The van der Waals surface area contributed by atoms with Gasteiger partial charge in [-0.2, -0.15) is 0 Å². The molecule has 1 fully saturated rings. The van der Waals surface area contributed by atoms with Gasteiger partial charge in [-0.25, -0.2) is 4.99 Å². The van der Waals surface area contributed by atoms with Gasteiger partial charge in [-0.3, -0.25) is 10.1 Å². The number of halogens is 1. The molecule has 0 radical (unpaired) electrons. The number of non-ortho nitro benzene ring substituents is 1. The molecule has 0 amide bonds. The molecular formula is C20H32IN5O2. The molecule has 28 heavy (non-hydrogen) atoms. The molecule has 2 rings (SSSR count). The topological polar surface area (TPSA) is 82.8 Å². The molecule has 1 heterocycles. The Kier molecular flexibility index (Phi) is 11.1. The third kappa shape index (κ3) is 8.55. The minimum Gasteiger partial charge on any atom is -0.354 e. The average Bonchev–Trinajstić information content (AvgIpc) is 2.66. The van der Waals surface area contributed by atoms with E-state index in [9.17, 15) is 10.1 Å². The van der Waals surface area contributed by atoms with Crippen molar-refractivity contribution >= 4 is 35.6 Å². The van der Waals surface area contributed by atoms with Crippen molar-refractivity contribution in [1.82, 2.24) is 15.5 Å². The van der Waals surface area contributed by atoms with Crippen LogP contribution in [0.5, 0.6) is 0 Å². The lowest BCUT2D eigenvalue weighted by Crippen LogP contribution is -2.49. The number of hydrogen-bond donors (Lipinski definition) is 2. The number of nitro groups is 1. The number of rotatable bonds is 8. The van der Waals surface area contributed by atoms with Crippen LogP contribution in [0.4, 0.5) is 5.69 Å². The van der Waals surface area contributed by atoms with Crippen molar-refractivity contribution in [2.45, 2.75) is 45.7 Å². The molecule has 7 nitrogen and oxygen atoms in total. The summed E-state index contributed by atoms with van der Waals surface area (Å²) in [6.07, 6.45) is 3.40. The lowest BCUT2D eigenvalue weighted by atomic mass is 10.1. The van der Waals surface area contributed by atoms with Gasteiger partial charge in [-0.1, -0.05) is 31.2 Å². The summed E-state index contributed by atoms with van der Waals surface area (Å²) < 4.78 is 0. The predicted octanol–water partition coefficient (Wildman–Crippen LogP) is 3.70. The van der Waals surface area contributed by atoms with Gasteiger partial charge < -0.3 is 15.5 Å². The zero-order chi connectivity index (χ0) is 19.6. The zero-order valence-corrected chi connectivity index (χ0v) is 19.1. The van der Waals surface area contributed by atoms with Gasteiger partial charge in [-0.05, 0) is 38.3 Å². The smallest absolute Gasteiger partial charge is 0.269 e. The van der Waals surface area contributed by atoms with E-state index in [1.54, 1.807) is 12.1 Å². The fourth-order valence-electron chi connectivity index (χ4n) is 3.09. The number of nitro benzene ring substituents is 1. The standard InChI is InChI=1S/C20H31N5O2.HI/c1-4-11-24-12-9-18(10-13-24)23-20(21-14-16(2)3)22-15-17-5-7-19(8-6-17)25(26)27;/h5-8,18H,2,4,9-15H2,1,3H3,(H2,21,22,23);1H. The molecule has 0 aliphatic carbocycles. The Morgan fingerprint density at radius 1 is 1.32 bits per heavy atom. The Bertz CT molecular complexity index is 655. The molecule has 1 aromatic carbocycles. The molecule has 0 spiro atoms. The number of piperidine rings is 1. The van der Waals surface area contributed by atoms with E-state index in [0.717, 1.165) is 43.0 Å². The second-order valence-electron chi connectivity index (χ2n) is 7.16. The van der Waals surface area contributed by atoms with Gasteiger partial charge in [0.15, 0.2) is 5.96 Å². The van der Waals surface area contributed by atoms with Gasteiger partial charge in [0.2, 0.25) is 0 Å². The minimum atomic E-state index is -0.390. The van der Waals surface area contributed by atoms with Crippen molar-refractivity contribution in [2.75, 3.05) is 26.2 Å². The second kappa shape index (κ2) is 12.7. The molecular weight excluding hydrogens is 469 g/mol. The normalized spacial score (nSPS) is 15.6. The molecule has 0 unspecified atom stereocenters. The van der Waals surface area contributed by atoms with Gasteiger partial charge in [0.25, 0.3) is 5.69 Å².